The first-order valence-electron chi connectivity index (χ1n) is 6.10. The number of nitrogens with two attached hydrogens (primary N) is 2. The van der Waals surface area contributed by atoms with Gasteiger partial charge in [-0.05, 0) is 31.4 Å². The lowest BCUT2D eigenvalue weighted by molar-refractivity contribution is 0.100. The number of hydrogen-bond donors (Lipinski definition) is 2. The highest BCUT2D eigenvalue weighted by Gasteiger charge is 2.25. The minimum Gasteiger partial charge on any atom is -0.396 e. The van der Waals surface area contributed by atoms with Crippen LogP contribution in [-0.4, -0.2) is 18.5 Å². The molecule has 92 valence electrons. The molecule has 1 fully saturated rings. The molecule has 0 aliphatic carbocycles. The van der Waals surface area contributed by atoms with Crippen LogP contribution in [-0.2, 0) is 0 Å². The number of hydrogen-bond acceptors (Lipinski definition) is 3. The fourth-order valence-corrected chi connectivity index (χ4v) is 2.60. The zero-order valence-electron chi connectivity index (χ0n) is 10.1. The van der Waals surface area contributed by atoms with Crippen molar-refractivity contribution >= 4 is 17.3 Å². The standard InChI is InChI=1S/C13H19N3O/c1-2-9-5-4-8-16(9)11-7-3-6-10(12(11)14)13(15)17/h3,6-7,9H,2,4-5,8,14H2,1H3,(H2,15,17). The fourth-order valence-electron chi connectivity index (χ4n) is 2.60. The van der Waals surface area contributed by atoms with Crippen molar-refractivity contribution in [1.82, 2.24) is 0 Å². The number of carbonyl (C=O) groups excluding carboxylic acids is 1. The Morgan fingerprint density at radius 3 is 2.94 bits per heavy atom. The molecular formula is C13H19N3O. The van der Waals surface area contributed by atoms with Gasteiger partial charge in [0, 0.05) is 12.6 Å². The van der Waals surface area contributed by atoms with Gasteiger partial charge in [-0.1, -0.05) is 13.0 Å². The van der Waals surface area contributed by atoms with Crippen LogP contribution in [0.4, 0.5) is 11.4 Å². The van der Waals surface area contributed by atoms with Gasteiger partial charge in [0.25, 0.3) is 5.91 Å². The number of primary amides is 1. The minimum atomic E-state index is -0.461. The lowest BCUT2D eigenvalue weighted by Crippen LogP contribution is -2.29. The van der Waals surface area contributed by atoms with Gasteiger partial charge in [0.15, 0.2) is 0 Å². The first-order valence-corrected chi connectivity index (χ1v) is 6.10. The molecule has 1 aromatic carbocycles. The maximum atomic E-state index is 11.3. The monoisotopic (exact) mass is 233 g/mol. The van der Waals surface area contributed by atoms with Crippen molar-refractivity contribution < 1.29 is 4.79 Å². The average Bonchev–Trinajstić information content (AvgIpc) is 2.76. The van der Waals surface area contributed by atoms with E-state index < -0.39 is 5.91 Å². The van der Waals surface area contributed by atoms with Crippen LogP contribution in [0, 0.1) is 0 Å². The Bertz CT molecular complexity index is 431. The summed E-state index contributed by atoms with van der Waals surface area (Å²) in [7, 11) is 0. The van der Waals surface area contributed by atoms with Gasteiger partial charge in [-0.3, -0.25) is 4.79 Å². The van der Waals surface area contributed by atoms with E-state index in [2.05, 4.69) is 11.8 Å². The third-order valence-electron chi connectivity index (χ3n) is 3.51. The molecule has 1 saturated heterocycles. The Morgan fingerprint density at radius 1 is 1.53 bits per heavy atom. The van der Waals surface area contributed by atoms with Crippen LogP contribution in [0.1, 0.15) is 36.5 Å². The molecule has 0 bridgehead atoms. The Balaban J connectivity index is 2.38. The Kier molecular flexibility index (Phi) is 3.22. The van der Waals surface area contributed by atoms with Crippen LogP contribution in [0.2, 0.25) is 0 Å². The van der Waals surface area contributed by atoms with Gasteiger partial charge in [0.05, 0.1) is 16.9 Å². The number of nitrogen functional groups attached to an aromatic ring is 1. The number of anilines is 2. The van der Waals surface area contributed by atoms with Crippen molar-refractivity contribution in [3.63, 3.8) is 0 Å². The van der Waals surface area contributed by atoms with Gasteiger partial charge in [0.2, 0.25) is 0 Å². The maximum Gasteiger partial charge on any atom is 0.250 e. The lowest BCUT2D eigenvalue weighted by atomic mass is 10.1. The van der Waals surface area contributed by atoms with Crippen LogP contribution in [0.3, 0.4) is 0 Å². The van der Waals surface area contributed by atoms with E-state index in [9.17, 15) is 4.79 Å². The molecule has 0 radical (unpaired) electrons. The molecular weight excluding hydrogens is 214 g/mol. The summed E-state index contributed by atoms with van der Waals surface area (Å²) in [6, 6.07) is 6.02. The highest BCUT2D eigenvalue weighted by Crippen LogP contribution is 2.33. The molecule has 1 atom stereocenters. The molecule has 1 amide bonds. The van der Waals surface area contributed by atoms with Crippen LogP contribution < -0.4 is 16.4 Å². The molecule has 4 heteroatoms. The lowest BCUT2D eigenvalue weighted by Gasteiger charge is -2.27. The van der Waals surface area contributed by atoms with Gasteiger partial charge >= 0.3 is 0 Å². The third-order valence-corrected chi connectivity index (χ3v) is 3.51. The molecule has 2 rings (SSSR count). The van der Waals surface area contributed by atoms with Crippen molar-refractivity contribution in [2.24, 2.45) is 5.73 Å². The largest absolute Gasteiger partial charge is 0.396 e. The van der Waals surface area contributed by atoms with Crippen LogP contribution in [0.25, 0.3) is 0 Å². The third kappa shape index (κ3) is 2.07. The predicted octanol–water partition coefficient (Wildman–Crippen LogP) is 1.75. The molecule has 1 aromatic rings. The summed E-state index contributed by atoms with van der Waals surface area (Å²) in [6.07, 6.45) is 3.47. The molecule has 4 N–H and O–H groups in total. The number of rotatable bonds is 3. The van der Waals surface area contributed by atoms with E-state index in [0.717, 1.165) is 18.7 Å². The second kappa shape index (κ2) is 4.65. The summed E-state index contributed by atoms with van der Waals surface area (Å²) in [5.74, 6) is -0.461. The smallest absolute Gasteiger partial charge is 0.250 e. The second-order valence-electron chi connectivity index (χ2n) is 4.50. The zero-order valence-corrected chi connectivity index (χ0v) is 10.1. The molecule has 17 heavy (non-hydrogen) atoms. The van der Waals surface area contributed by atoms with E-state index in [4.69, 9.17) is 11.5 Å². The average molecular weight is 233 g/mol. The van der Waals surface area contributed by atoms with Crippen molar-refractivity contribution in [1.29, 1.82) is 0 Å². The summed E-state index contributed by atoms with van der Waals surface area (Å²) in [4.78, 5) is 13.6. The first-order chi connectivity index (χ1) is 8.15. The summed E-state index contributed by atoms with van der Waals surface area (Å²) >= 11 is 0. The first kappa shape index (κ1) is 11.8. The molecule has 1 aliphatic heterocycles. The van der Waals surface area contributed by atoms with Crippen molar-refractivity contribution in [2.75, 3.05) is 17.2 Å². The number of nitrogens with zero attached hydrogens (tertiary/aromatic N) is 1. The fraction of sp³-hybridized carbons (Fsp3) is 0.462. The van der Waals surface area contributed by atoms with E-state index in [1.165, 1.54) is 12.8 Å². The normalized spacial score (nSPS) is 19.6. The molecule has 1 aliphatic rings. The Hall–Kier alpha value is -1.71. The van der Waals surface area contributed by atoms with Crippen molar-refractivity contribution in [3.05, 3.63) is 23.8 Å². The minimum absolute atomic E-state index is 0.421. The highest BCUT2D eigenvalue weighted by atomic mass is 16.1. The van der Waals surface area contributed by atoms with Crippen molar-refractivity contribution in [3.8, 4) is 0 Å². The topological polar surface area (TPSA) is 72.3 Å². The quantitative estimate of drug-likeness (QED) is 0.781. The molecule has 0 spiro atoms. The van der Waals surface area contributed by atoms with Gasteiger partial charge in [-0.15, -0.1) is 0 Å². The molecule has 0 aromatic heterocycles. The van der Waals surface area contributed by atoms with Crippen LogP contribution in [0.5, 0.6) is 0 Å². The van der Waals surface area contributed by atoms with E-state index in [1.54, 1.807) is 6.07 Å². The molecule has 0 saturated carbocycles. The summed E-state index contributed by atoms with van der Waals surface area (Å²) in [5.41, 5.74) is 13.2. The van der Waals surface area contributed by atoms with Gasteiger partial charge in [-0.25, -0.2) is 0 Å². The summed E-state index contributed by atoms with van der Waals surface area (Å²) < 4.78 is 0. The van der Waals surface area contributed by atoms with E-state index >= 15 is 0 Å². The molecule has 4 nitrogen and oxygen atoms in total. The molecule has 1 unspecified atom stereocenters. The SMILES string of the molecule is CCC1CCCN1c1cccc(C(N)=O)c1N. The summed E-state index contributed by atoms with van der Waals surface area (Å²) in [6.45, 7) is 3.18. The van der Waals surface area contributed by atoms with E-state index in [1.807, 2.05) is 12.1 Å². The number of benzene rings is 1. The van der Waals surface area contributed by atoms with Gasteiger partial charge < -0.3 is 16.4 Å². The predicted molar refractivity (Wildman–Crippen MR) is 70.0 cm³/mol. The summed E-state index contributed by atoms with van der Waals surface area (Å²) in [5, 5.41) is 0. The van der Waals surface area contributed by atoms with Gasteiger partial charge in [-0.2, -0.15) is 0 Å². The molecule has 1 heterocycles. The highest BCUT2D eigenvalue weighted by molar-refractivity contribution is 6.00. The van der Waals surface area contributed by atoms with Crippen LogP contribution in [0.15, 0.2) is 18.2 Å². The second-order valence-corrected chi connectivity index (χ2v) is 4.50. The van der Waals surface area contributed by atoms with Crippen molar-refractivity contribution in [2.45, 2.75) is 32.2 Å². The van der Waals surface area contributed by atoms with E-state index in [-0.39, 0.29) is 0 Å². The van der Waals surface area contributed by atoms with E-state index in [0.29, 0.717) is 17.3 Å². The Labute approximate surface area is 102 Å². The van der Waals surface area contributed by atoms with Crippen LogP contribution >= 0.6 is 0 Å². The zero-order chi connectivity index (χ0) is 12.4. The maximum absolute atomic E-state index is 11.3. The number of para-hydroxylation sites is 1. The van der Waals surface area contributed by atoms with Gasteiger partial charge in [0.1, 0.15) is 0 Å². The Morgan fingerprint density at radius 2 is 2.29 bits per heavy atom. The number of carbonyl (C=O) groups is 1. The number of amides is 1.